The molecule has 0 aromatic heterocycles. The molecule has 5 rings (SSSR count). The van der Waals surface area contributed by atoms with Crippen LogP contribution in [0.15, 0.2) is 24.3 Å². The Labute approximate surface area is 200 Å². The van der Waals surface area contributed by atoms with Crippen LogP contribution in [0.1, 0.15) is 77.7 Å². The molecule has 0 bridgehead atoms. The fraction of sp³-hybridized carbons (Fsp3) is 0.759. The fourth-order valence-corrected chi connectivity index (χ4v) is 9.23. The van der Waals surface area contributed by atoms with Crippen LogP contribution < -0.4 is 0 Å². The van der Waals surface area contributed by atoms with E-state index in [2.05, 4.69) is 32.7 Å². The average molecular weight is 454 g/mol. The van der Waals surface area contributed by atoms with Gasteiger partial charge in [-0.1, -0.05) is 39.0 Å². The smallest absolute Gasteiger partial charge is 0.222 e. The monoisotopic (exact) mass is 453 g/mol. The summed E-state index contributed by atoms with van der Waals surface area (Å²) in [5, 5.41) is 10.0. The van der Waals surface area contributed by atoms with E-state index < -0.39 is 0 Å². The van der Waals surface area contributed by atoms with Crippen LogP contribution in [0.2, 0.25) is 0 Å². The van der Waals surface area contributed by atoms with Crippen molar-refractivity contribution in [3.63, 3.8) is 0 Å². The lowest BCUT2D eigenvalue weighted by molar-refractivity contribution is -0.159. The summed E-state index contributed by atoms with van der Waals surface area (Å²) in [6.45, 7) is 8.75. The molecule has 1 heterocycles. The normalized spacial score (nSPS) is 41.3. The molecule has 3 saturated carbocycles. The van der Waals surface area contributed by atoms with Crippen LogP contribution in [0.25, 0.3) is 0 Å². The van der Waals surface area contributed by atoms with Crippen LogP contribution in [0.4, 0.5) is 0 Å². The number of aromatic hydroxyl groups is 1. The Hall–Kier alpha value is -1.55. The number of phenolic OH excluding ortho intramolecular Hbond substituents is 1. The third kappa shape index (κ3) is 3.72. The number of nitrogens with zero attached hydrogens (tertiary/aromatic N) is 1. The predicted molar refractivity (Wildman–Crippen MR) is 131 cm³/mol. The minimum absolute atomic E-state index is 0.303. The zero-order chi connectivity index (χ0) is 23.4. The minimum atomic E-state index is 0.303. The number of amides is 1. The second kappa shape index (κ2) is 8.59. The van der Waals surface area contributed by atoms with Crippen molar-refractivity contribution in [3.05, 3.63) is 29.8 Å². The highest BCUT2D eigenvalue weighted by atomic mass is 16.5. The van der Waals surface area contributed by atoms with Gasteiger partial charge in [0.2, 0.25) is 5.91 Å². The van der Waals surface area contributed by atoms with Crippen molar-refractivity contribution >= 4 is 5.91 Å². The fourth-order valence-electron chi connectivity index (χ4n) is 9.23. The maximum absolute atomic E-state index is 12.4. The van der Waals surface area contributed by atoms with E-state index in [1.807, 2.05) is 18.2 Å². The molecule has 1 amide bonds. The van der Waals surface area contributed by atoms with Crippen molar-refractivity contribution in [2.45, 2.75) is 84.8 Å². The number of carbonyl (C=O) groups excluding carboxylic acids is 1. The molecule has 4 fully saturated rings. The molecule has 1 N–H and O–H groups in total. The standard InChI is InChI=1S/C29H43NO3/c1-19(17-33-18-20-7-5-6-8-25(20)31)22-10-11-23-21-9-12-26-29(3,16-14-27(32)30(26)4)24(21)13-15-28(22,23)2/h5-8,19,21-24,26,31H,9-18H2,1-4H3/t19?,21-,22+,23-,24-,26+,28+,29+/m0/s1. The Bertz CT molecular complexity index is 885. The molecule has 33 heavy (non-hydrogen) atoms. The Balaban J connectivity index is 1.26. The van der Waals surface area contributed by atoms with E-state index in [-0.39, 0.29) is 0 Å². The molecule has 4 nitrogen and oxygen atoms in total. The summed E-state index contributed by atoms with van der Waals surface area (Å²) < 4.78 is 6.12. The number of rotatable bonds is 5. The van der Waals surface area contributed by atoms with Crippen molar-refractivity contribution in [1.29, 1.82) is 0 Å². The van der Waals surface area contributed by atoms with Gasteiger partial charge in [-0.2, -0.15) is 0 Å². The highest BCUT2D eigenvalue weighted by Crippen LogP contribution is 2.67. The lowest BCUT2D eigenvalue weighted by Gasteiger charge is -2.62. The number of phenols is 1. The van der Waals surface area contributed by atoms with Gasteiger partial charge in [0.25, 0.3) is 0 Å². The Morgan fingerprint density at radius 2 is 1.82 bits per heavy atom. The molecule has 1 aromatic rings. The maximum atomic E-state index is 12.4. The van der Waals surface area contributed by atoms with Crippen LogP contribution >= 0.6 is 0 Å². The van der Waals surface area contributed by atoms with Crippen molar-refractivity contribution in [1.82, 2.24) is 4.90 Å². The van der Waals surface area contributed by atoms with Crippen LogP contribution in [-0.4, -0.2) is 35.6 Å². The number of likely N-dealkylation sites (tertiary alicyclic amines) is 1. The summed E-state index contributed by atoms with van der Waals surface area (Å²) in [4.78, 5) is 14.5. The van der Waals surface area contributed by atoms with Crippen molar-refractivity contribution in [3.8, 4) is 5.75 Å². The molecule has 182 valence electrons. The Kier molecular flexibility index (Phi) is 6.04. The van der Waals surface area contributed by atoms with Gasteiger partial charge in [-0.15, -0.1) is 0 Å². The highest BCUT2D eigenvalue weighted by molar-refractivity contribution is 5.77. The summed E-state index contributed by atoms with van der Waals surface area (Å²) in [5.41, 5.74) is 1.59. The summed E-state index contributed by atoms with van der Waals surface area (Å²) in [6.07, 6.45) is 9.66. The van der Waals surface area contributed by atoms with Crippen LogP contribution in [0.5, 0.6) is 5.75 Å². The van der Waals surface area contributed by atoms with E-state index in [1.165, 1.54) is 38.5 Å². The van der Waals surface area contributed by atoms with Gasteiger partial charge in [0.15, 0.2) is 0 Å². The summed E-state index contributed by atoms with van der Waals surface area (Å²) in [7, 11) is 2.06. The molecule has 4 heteroatoms. The lowest BCUT2D eigenvalue weighted by Crippen LogP contribution is -2.61. The Morgan fingerprint density at radius 1 is 1.06 bits per heavy atom. The van der Waals surface area contributed by atoms with E-state index in [4.69, 9.17) is 4.74 Å². The van der Waals surface area contributed by atoms with E-state index in [0.29, 0.717) is 47.0 Å². The summed E-state index contributed by atoms with van der Waals surface area (Å²) >= 11 is 0. The van der Waals surface area contributed by atoms with Crippen molar-refractivity contribution in [2.75, 3.05) is 13.7 Å². The molecule has 1 unspecified atom stereocenters. The number of carbonyl (C=O) groups is 1. The van der Waals surface area contributed by atoms with E-state index in [0.717, 1.165) is 42.8 Å². The van der Waals surface area contributed by atoms with E-state index in [1.54, 1.807) is 6.07 Å². The zero-order valence-electron chi connectivity index (χ0n) is 21.1. The molecule has 3 aliphatic carbocycles. The molecule has 8 atom stereocenters. The second-order valence-electron chi connectivity index (χ2n) is 12.3. The number of para-hydroxylation sites is 1. The molecule has 4 aliphatic rings. The first kappa shape index (κ1) is 23.2. The minimum Gasteiger partial charge on any atom is -0.508 e. The lowest BCUT2D eigenvalue weighted by atomic mass is 9.46. The number of piperidine rings is 1. The predicted octanol–water partition coefficient (Wildman–Crippen LogP) is 6.02. The number of ether oxygens (including phenoxy) is 1. The Morgan fingerprint density at radius 3 is 2.61 bits per heavy atom. The largest absolute Gasteiger partial charge is 0.508 e. The van der Waals surface area contributed by atoms with Gasteiger partial charge in [0, 0.05) is 31.7 Å². The molecule has 1 saturated heterocycles. The number of benzene rings is 1. The number of hydrogen-bond donors (Lipinski definition) is 1. The third-order valence-corrected chi connectivity index (χ3v) is 10.9. The van der Waals surface area contributed by atoms with Gasteiger partial charge < -0.3 is 14.7 Å². The highest BCUT2D eigenvalue weighted by Gasteiger charge is 2.61. The van der Waals surface area contributed by atoms with Crippen LogP contribution in [-0.2, 0) is 16.1 Å². The van der Waals surface area contributed by atoms with Crippen molar-refractivity contribution in [2.24, 2.45) is 40.4 Å². The molecular formula is C29H43NO3. The first-order chi connectivity index (χ1) is 15.8. The van der Waals surface area contributed by atoms with Gasteiger partial charge >= 0.3 is 0 Å². The van der Waals surface area contributed by atoms with Crippen LogP contribution in [0, 0.1) is 40.4 Å². The summed E-state index contributed by atoms with van der Waals surface area (Å²) in [6, 6.07) is 7.94. The average Bonchev–Trinajstić information content (AvgIpc) is 3.15. The topological polar surface area (TPSA) is 49.8 Å². The van der Waals surface area contributed by atoms with Crippen molar-refractivity contribution < 1.29 is 14.6 Å². The maximum Gasteiger partial charge on any atom is 0.222 e. The molecule has 0 radical (unpaired) electrons. The summed E-state index contributed by atoms with van der Waals surface area (Å²) in [5.74, 6) is 4.36. The second-order valence-corrected chi connectivity index (χ2v) is 12.3. The van der Waals surface area contributed by atoms with Gasteiger partial charge in [0.05, 0.1) is 6.61 Å². The quantitative estimate of drug-likeness (QED) is 0.593. The van der Waals surface area contributed by atoms with Gasteiger partial charge in [0.1, 0.15) is 5.75 Å². The third-order valence-electron chi connectivity index (χ3n) is 10.9. The zero-order valence-corrected chi connectivity index (χ0v) is 21.1. The number of fused-ring (bicyclic) bond motifs is 5. The van der Waals surface area contributed by atoms with Gasteiger partial charge in [-0.25, -0.2) is 0 Å². The number of hydrogen-bond acceptors (Lipinski definition) is 3. The molecular weight excluding hydrogens is 410 g/mol. The van der Waals surface area contributed by atoms with Crippen LogP contribution in [0.3, 0.4) is 0 Å². The van der Waals surface area contributed by atoms with E-state index >= 15 is 0 Å². The molecule has 1 aliphatic heterocycles. The van der Waals surface area contributed by atoms with Gasteiger partial charge in [-0.05, 0) is 91.4 Å². The molecule has 0 spiro atoms. The first-order valence-corrected chi connectivity index (χ1v) is 13.4. The molecule has 1 aromatic carbocycles. The SMILES string of the molecule is CC(COCc1ccccc1O)[C@H]1CC[C@H]2[C@@H]3CC[C@H]4N(C)C(=O)CC[C@]4(C)[C@H]3CC[C@]12C. The first-order valence-electron chi connectivity index (χ1n) is 13.4. The van der Waals surface area contributed by atoms with E-state index in [9.17, 15) is 9.90 Å². The van der Waals surface area contributed by atoms with Gasteiger partial charge in [-0.3, -0.25) is 4.79 Å².